The van der Waals surface area contributed by atoms with Gasteiger partial charge in [0.05, 0.1) is 4.47 Å². The van der Waals surface area contributed by atoms with Crippen molar-refractivity contribution >= 4 is 21.8 Å². The number of nitrogens with one attached hydrogen (secondary N) is 1. The maximum atomic E-state index is 12.3. The van der Waals surface area contributed by atoms with Crippen LogP contribution in [0.3, 0.4) is 0 Å². The molecule has 114 valence electrons. The number of carbonyl (C=O) groups excluding carboxylic acids is 1. The van der Waals surface area contributed by atoms with E-state index in [4.69, 9.17) is 4.74 Å². The summed E-state index contributed by atoms with van der Waals surface area (Å²) in [5.74, 6) is 1.31. The second-order valence-electron chi connectivity index (χ2n) is 5.94. The molecule has 2 unspecified atom stereocenters. The SMILES string of the molecule is CC(Oc1ccccc1Br)C(=O)NC1CN2CCC1CC2. The van der Waals surface area contributed by atoms with E-state index in [2.05, 4.69) is 26.1 Å². The van der Waals surface area contributed by atoms with Crippen molar-refractivity contribution in [3.63, 3.8) is 0 Å². The zero-order chi connectivity index (χ0) is 14.8. The van der Waals surface area contributed by atoms with Crippen LogP contribution in [-0.2, 0) is 4.79 Å². The molecule has 1 aromatic carbocycles. The minimum Gasteiger partial charge on any atom is -0.480 e. The molecule has 3 heterocycles. The van der Waals surface area contributed by atoms with Crippen LogP contribution in [0.25, 0.3) is 0 Å². The van der Waals surface area contributed by atoms with Crippen molar-refractivity contribution < 1.29 is 9.53 Å². The Balaban J connectivity index is 1.57. The van der Waals surface area contributed by atoms with Gasteiger partial charge in [-0.2, -0.15) is 0 Å². The number of benzene rings is 1. The van der Waals surface area contributed by atoms with Crippen molar-refractivity contribution in [2.45, 2.75) is 31.9 Å². The van der Waals surface area contributed by atoms with Gasteiger partial charge in [-0.3, -0.25) is 4.79 Å². The van der Waals surface area contributed by atoms with Gasteiger partial charge in [-0.25, -0.2) is 0 Å². The summed E-state index contributed by atoms with van der Waals surface area (Å²) in [4.78, 5) is 14.8. The van der Waals surface area contributed by atoms with Crippen LogP contribution in [-0.4, -0.2) is 42.6 Å². The Morgan fingerprint density at radius 1 is 1.38 bits per heavy atom. The monoisotopic (exact) mass is 352 g/mol. The van der Waals surface area contributed by atoms with Crippen LogP contribution >= 0.6 is 15.9 Å². The van der Waals surface area contributed by atoms with E-state index in [0.29, 0.717) is 11.7 Å². The Hall–Kier alpha value is -1.07. The molecule has 0 spiro atoms. The number of piperidine rings is 3. The minimum atomic E-state index is -0.487. The highest BCUT2D eigenvalue weighted by Gasteiger charge is 2.35. The van der Waals surface area contributed by atoms with Gasteiger partial charge in [0.15, 0.2) is 6.10 Å². The number of halogens is 1. The van der Waals surface area contributed by atoms with Crippen molar-refractivity contribution in [2.75, 3.05) is 19.6 Å². The van der Waals surface area contributed by atoms with Gasteiger partial charge in [-0.05, 0) is 66.8 Å². The third-order valence-electron chi connectivity index (χ3n) is 4.49. The van der Waals surface area contributed by atoms with E-state index in [9.17, 15) is 4.79 Å². The number of nitrogens with zero attached hydrogens (tertiary/aromatic N) is 1. The third kappa shape index (κ3) is 3.40. The highest BCUT2D eigenvalue weighted by atomic mass is 79.9. The molecule has 0 aromatic heterocycles. The molecule has 0 aliphatic carbocycles. The molecule has 2 bridgehead atoms. The molecule has 2 atom stereocenters. The molecular formula is C16H21BrN2O2. The number of hydrogen-bond acceptors (Lipinski definition) is 3. The van der Waals surface area contributed by atoms with Crippen molar-refractivity contribution in [3.8, 4) is 5.75 Å². The number of ether oxygens (including phenoxy) is 1. The maximum Gasteiger partial charge on any atom is 0.261 e. The summed E-state index contributed by atoms with van der Waals surface area (Å²) in [6, 6.07) is 7.88. The normalized spacial score (nSPS) is 29.0. The first-order valence-electron chi connectivity index (χ1n) is 7.57. The van der Waals surface area contributed by atoms with Gasteiger partial charge in [0.2, 0.25) is 0 Å². The smallest absolute Gasteiger partial charge is 0.261 e. The topological polar surface area (TPSA) is 41.6 Å². The maximum absolute atomic E-state index is 12.3. The number of amides is 1. The van der Waals surface area contributed by atoms with Crippen molar-refractivity contribution in [1.29, 1.82) is 0 Å². The molecular weight excluding hydrogens is 332 g/mol. The molecule has 3 aliphatic rings. The molecule has 1 N–H and O–H groups in total. The zero-order valence-electron chi connectivity index (χ0n) is 12.2. The van der Waals surface area contributed by atoms with Gasteiger partial charge in [0.1, 0.15) is 5.75 Å². The summed E-state index contributed by atoms with van der Waals surface area (Å²) in [6.07, 6.45) is 1.91. The molecule has 0 saturated carbocycles. The minimum absolute atomic E-state index is 0.0236. The Morgan fingerprint density at radius 3 is 2.71 bits per heavy atom. The quantitative estimate of drug-likeness (QED) is 0.904. The number of carbonyl (C=O) groups is 1. The van der Waals surface area contributed by atoms with Crippen molar-refractivity contribution in [2.24, 2.45) is 5.92 Å². The molecule has 1 amide bonds. The Labute approximate surface area is 134 Å². The van der Waals surface area contributed by atoms with Crippen molar-refractivity contribution in [3.05, 3.63) is 28.7 Å². The molecule has 3 saturated heterocycles. The number of para-hydroxylation sites is 1. The molecule has 0 radical (unpaired) electrons. The van der Waals surface area contributed by atoms with E-state index in [1.54, 1.807) is 6.92 Å². The molecule has 4 nitrogen and oxygen atoms in total. The molecule has 3 aliphatic heterocycles. The summed E-state index contributed by atoms with van der Waals surface area (Å²) in [5.41, 5.74) is 0. The second kappa shape index (κ2) is 6.36. The lowest BCUT2D eigenvalue weighted by atomic mass is 9.84. The van der Waals surface area contributed by atoms with E-state index < -0.39 is 6.10 Å². The first-order chi connectivity index (χ1) is 10.1. The van der Waals surface area contributed by atoms with Gasteiger partial charge in [0.25, 0.3) is 5.91 Å². The van der Waals surface area contributed by atoms with Crippen LogP contribution in [0.15, 0.2) is 28.7 Å². The summed E-state index contributed by atoms with van der Waals surface area (Å²) in [5, 5.41) is 3.17. The fourth-order valence-electron chi connectivity index (χ4n) is 3.21. The van der Waals surface area contributed by atoms with E-state index in [-0.39, 0.29) is 11.9 Å². The standard InChI is InChI=1S/C16H21BrN2O2/c1-11(21-15-5-3-2-4-13(15)17)16(20)18-14-10-19-8-6-12(14)7-9-19/h2-5,11-12,14H,6-10H2,1H3,(H,18,20). The predicted molar refractivity (Wildman–Crippen MR) is 85.3 cm³/mol. The van der Waals surface area contributed by atoms with Crippen LogP contribution in [0.5, 0.6) is 5.75 Å². The van der Waals surface area contributed by atoms with Gasteiger partial charge in [0, 0.05) is 12.6 Å². The highest BCUT2D eigenvalue weighted by Crippen LogP contribution is 2.28. The van der Waals surface area contributed by atoms with Crippen LogP contribution in [0.4, 0.5) is 0 Å². The predicted octanol–water partition coefficient (Wildman–Crippen LogP) is 2.43. The molecule has 1 aromatic rings. The average Bonchev–Trinajstić information content (AvgIpc) is 2.50. The Bertz CT molecular complexity index is 515. The first-order valence-corrected chi connectivity index (χ1v) is 8.36. The van der Waals surface area contributed by atoms with E-state index in [0.717, 1.165) is 11.0 Å². The third-order valence-corrected chi connectivity index (χ3v) is 5.15. The van der Waals surface area contributed by atoms with Gasteiger partial charge >= 0.3 is 0 Å². The Kier molecular flexibility index (Phi) is 4.50. The summed E-state index contributed by atoms with van der Waals surface area (Å²) in [7, 11) is 0. The van der Waals surface area contributed by atoms with E-state index in [1.807, 2.05) is 24.3 Å². The van der Waals surface area contributed by atoms with Gasteiger partial charge in [-0.1, -0.05) is 12.1 Å². The lowest BCUT2D eigenvalue weighted by Gasteiger charge is -2.45. The second-order valence-corrected chi connectivity index (χ2v) is 6.80. The summed E-state index contributed by atoms with van der Waals surface area (Å²) in [6.45, 7) is 5.15. The molecule has 21 heavy (non-hydrogen) atoms. The van der Waals surface area contributed by atoms with Gasteiger partial charge in [-0.15, -0.1) is 0 Å². The van der Waals surface area contributed by atoms with Crippen LogP contribution in [0, 0.1) is 5.92 Å². The number of hydrogen-bond donors (Lipinski definition) is 1. The zero-order valence-corrected chi connectivity index (χ0v) is 13.8. The first kappa shape index (κ1) is 14.9. The van der Waals surface area contributed by atoms with Crippen molar-refractivity contribution in [1.82, 2.24) is 10.2 Å². The Morgan fingerprint density at radius 2 is 2.10 bits per heavy atom. The van der Waals surface area contributed by atoms with Crippen LogP contribution in [0.1, 0.15) is 19.8 Å². The molecule has 3 fully saturated rings. The highest BCUT2D eigenvalue weighted by molar-refractivity contribution is 9.10. The fraction of sp³-hybridized carbons (Fsp3) is 0.562. The summed E-state index contributed by atoms with van der Waals surface area (Å²) < 4.78 is 6.62. The van der Waals surface area contributed by atoms with E-state index in [1.165, 1.54) is 25.9 Å². The average molecular weight is 353 g/mol. The lowest BCUT2D eigenvalue weighted by Crippen LogP contribution is -2.58. The number of rotatable bonds is 4. The summed E-state index contributed by atoms with van der Waals surface area (Å²) >= 11 is 3.44. The molecule has 4 rings (SSSR count). The largest absolute Gasteiger partial charge is 0.480 e. The fourth-order valence-corrected chi connectivity index (χ4v) is 3.59. The number of fused-ring (bicyclic) bond motifs is 3. The van der Waals surface area contributed by atoms with E-state index >= 15 is 0 Å². The van der Waals surface area contributed by atoms with Crippen LogP contribution < -0.4 is 10.1 Å². The lowest BCUT2D eigenvalue weighted by molar-refractivity contribution is -0.129. The molecule has 5 heteroatoms. The van der Waals surface area contributed by atoms with Gasteiger partial charge < -0.3 is 15.0 Å². The van der Waals surface area contributed by atoms with Crippen LogP contribution in [0.2, 0.25) is 0 Å².